The van der Waals surface area contributed by atoms with Gasteiger partial charge < -0.3 is 15.0 Å². The first kappa shape index (κ1) is 16.3. The number of ether oxygens (including phenoxy) is 1. The molecule has 4 nitrogen and oxygen atoms in total. The van der Waals surface area contributed by atoms with Gasteiger partial charge in [0.25, 0.3) is 0 Å². The van der Waals surface area contributed by atoms with Crippen molar-refractivity contribution in [3.8, 4) is 0 Å². The highest BCUT2D eigenvalue weighted by molar-refractivity contribution is 5.79. The Bertz CT molecular complexity index is 250. The third-order valence-corrected chi connectivity index (χ3v) is 3.68. The van der Waals surface area contributed by atoms with Gasteiger partial charge in [-0.1, -0.05) is 26.2 Å². The summed E-state index contributed by atoms with van der Waals surface area (Å²) in [5, 5.41) is 3.40. The number of hydrogen-bond acceptors (Lipinski definition) is 2. The minimum Gasteiger partial charge on any atom is -0.378 e. The van der Waals surface area contributed by atoms with Crippen molar-refractivity contribution in [2.45, 2.75) is 58.0 Å². The van der Waals surface area contributed by atoms with Gasteiger partial charge in [0.2, 0.25) is 0 Å². The molecule has 1 fully saturated rings. The summed E-state index contributed by atoms with van der Waals surface area (Å²) in [5.41, 5.74) is 0. The van der Waals surface area contributed by atoms with E-state index in [2.05, 4.69) is 29.2 Å². The van der Waals surface area contributed by atoms with Gasteiger partial charge in [0.15, 0.2) is 5.96 Å². The highest BCUT2D eigenvalue weighted by Crippen LogP contribution is 2.20. The van der Waals surface area contributed by atoms with Gasteiger partial charge in [-0.15, -0.1) is 0 Å². The summed E-state index contributed by atoms with van der Waals surface area (Å²) in [7, 11) is 3.94. The summed E-state index contributed by atoms with van der Waals surface area (Å²) in [6, 6.07) is 0. The molecule has 0 aromatic carbocycles. The van der Waals surface area contributed by atoms with Crippen molar-refractivity contribution in [1.82, 2.24) is 10.2 Å². The minimum atomic E-state index is 0.534. The van der Waals surface area contributed by atoms with Crippen LogP contribution in [0.15, 0.2) is 4.99 Å². The van der Waals surface area contributed by atoms with E-state index in [4.69, 9.17) is 4.74 Å². The van der Waals surface area contributed by atoms with E-state index < -0.39 is 0 Å². The Balaban J connectivity index is 2.05. The highest BCUT2D eigenvalue weighted by atomic mass is 16.5. The molecule has 19 heavy (non-hydrogen) atoms. The van der Waals surface area contributed by atoms with Crippen molar-refractivity contribution in [3.05, 3.63) is 0 Å². The van der Waals surface area contributed by atoms with Crippen LogP contribution in [0.5, 0.6) is 0 Å². The Hall–Kier alpha value is -0.770. The number of guanidine groups is 1. The maximum absolute atomic E-state index is 5.85. The van der Waals surface area contributed by atoms with Crippen LogP contribution in [0.25, 0.3) is 0 Å². The van der Waals surface area contributed by atoms with E-state index in [0.29, 0.717) is 6.10 Å². The Labute approximate surface area is 118 Å². The quantitative estimate of drug-likeness (QED) is 0.418. The average Bonchev–Trinajstić information content (AvgIpc) is 2.93. The smallest absolute Gasteiger partial charge is 0.193 e. The van der Waals surface area contributed by atoms with Crippen LogP contribution in [-0.2, 0) is 4.74 Å². The maximum atomic E-state index is 5.85. The van der Waals surface area contributed by atoms with E-state index >= 15 is 0 Å². The van der Waals surface area contributed by atoms with Crippen molar-refractivity contribution in [2.24, 2.45) is 4.99 Å². The van der Waals surface area contributed by atoms with Crippen molar-refractivity contribution >= 4 is 5.96 Å². The summed E-state index contributed by atoms with van der Waals surface area (Å²) < 4.78 is 5.85. The predicted molar refractivity (Wildman–Crippen MR) is 81.7 cm³/mol. The molecule has 0 aromatic heterocycles. The molecule has 1 rings (SSSR count). The Kier molecular flexibility index (Phi) is 8.63. The molecule has 1 saturated carbocycles. The molecule has 0 aliphatic heterocycles. The van der Waals surface area contributed by atoms with E-state index in [-0.39, 0.29) is 0 Å². The molecule has 0 heterocycles. The largest absolute Gasteiger partial charge is 0.378 e. The molecule has 0 radical (unpaired) electrons. The second-order valence-corrected chi connectivity index (χ2v) is 5.38. The fourth-order valence-electron chi connectivity index (χ4n) is 2.46. The number of hydrogen-bond donors (Lipinski definition) is 1. The zero-order valence-electron chi connectivity index (χ0n) is 13.0. The molecule has 0 bridgehead atoms. The lowest BCUT2D eigenvalue weighted by Gasteiger charge is -2.22. The second kappa shape index (κ2) is 10.1. The Morgan fingerprint density at radius 3 is 2.68 bits per heavy atom. The number of aliphatic imine (C=N–C) groups is 1. The van der Waals surface area contributed by atoms with Crippen molar-refractivity contribution in [1.29, 1.82) is 0 Å². The van der Waals surface area contributed by atoms with Crippen LogP contribution in [0.3, 0.4) is 0 Å². The molecule has 1 aliphatic rings. The van der Waals surface area contributed by atoms with E-state index in [9.17, 15) is 0 Å². The third kappa shape index (κ3) is 6.81. The lowest BCUT2D eigenvalue weighted by molar-refractivity contribution is 0.0573. The monoisotopic (exact) mass is 269 g/mol. The van der Waals surface area contributed by atoms with Gasteiger partial charge in [0.1, 0.15) is 0 Å². The first-order valence-electron chi connectivity index (χ1n) is 7.81. The van der Waals surface area contributed by atoms with E-state index in [0.717, 1.165) is 32.1 Å². The fraction of sp³-hybridized carbons (Fsp3) is 0.933. The molecular formula is C15H31N3O. The minimum absolute atomic E-state index is 0.534. The molecule has 112 valence electrons. The molecule has 0 unspecified atom stereocenters. The maximum Gasteiger partial charge on any atom is 0.193 e. The molecule has 1 aliphatic carbocycles. The fourth-order valence-corrected chi connectivity index (χ4v) is 2.46. The normalized spacial score (nSPS) is 16.9. The lowest BCUT2D eigenvalue weighted by atomic mass is 10.3. The van der Waals surface area contributed by atoms with E-state index in [1.165, 1.54) is 38.5 Å². The average molecular weight is 269 g/mol. The molecule has 0 amide bonds. The van der Waals surface area contributed by atoms with Crippen LogP contribution in [0.1, 0.15) is 51.9 Å². The molecule has 0 aromatic rings. The van der Waals surface area contributed by atoms with Crippen molar-refractivity contribution in [2.75, 3.05) is 33.8 Å². The number of nitrogens with one attached hydrogen (secondary N) is 1. The highest BCUT2D eigenvalue weighted by Gasteiger charge is 2.14. The Morgan fingerprint density at radius 2 is 2.05 bits per heavy atom. The molecule has 0 atom stereocenters. The van der Waals surface area contributed by atoms with Crippen LogP contribution in [-0.4, -0.2) is 50.8 Å². The summed E-state index contributed by atoms with van der Waals surface area (Å²) in [6.07, 6.45) is 9.22. The van der Waals surface area contributed by atoms with Gasteiger partial charge >= 0.3 is 0 Å². The summed E-state index contributed by atoms with van der Waals surface area (Å²) >= 11 is 0. The van der Waals surface area contributed by atoms with E-state index in [1.54, 1.807) is 0 Å². The van der Waals surface area contributed by atoms with Crippen LogP contribution in [0.4, 0.5) is 0 Å². The van der Waals surface area contributed by atoms with Gasteiger partial charge in [-0.2, -0.15) is 0 Å². The standard InChI is InChI=1S/C15H31N3O/c1-4-5-12-18(3)15(16-2)17-11-8-13-19-14-9-6-7-10-14/h14H,4-13H2,1-3H3,(H,16,17). The van der Waals surface area contributed by atoms with Crippen LogP contribution < -0.4 is 5.32 Å². The molecule has 1 N–H and O–H groups in total. The van der Waals surface area contributed by atoms with Gasteiger partial charge in [0, 0.05) is 33.8 Å². The van der Waals surface area contributed by atoms with Crippen LogP contribution in [0, 0.1) is 0 Å². The van der Waals surface area contributed by atoms with Crippen molar-refractivity contribution < 1.29 is 4.74 Å². The van der Waals surface area contributed by atoms with Gasteiger partial charge in [-0.25, -0.2) is 0 Å². The first-order valence-corrected chi connectivity index (χ1v) is 7.81. The van der Waals surface area contributed by atoms with Crippen molar-refractivity contribution in [3.63, 3.8) is 0 Å². The molecule has 4 heteroatoms. The molecule has 0 saturated heterocycles. The number of unbranched alkanes of at least 4 members (excludes halogenated alkanes) is 1. The van der Waals surface area contributed by atoms with E-state index in [1.807, 2.05) is 7.05 Å². The zero-order valence-corrected chi connectivity index (χ0v) is 13.0. The van der Waals surface area contributed by atoms with Gasteiger partial charge in [0.05, 0.1) is 6.10 Å². The lowest BCUT2D eigenvalue weighted by Crippen LogP contribution is -2.40. The first-order chi connectivity index (χ1) is 9.27. The summed E-state index contributed by atoms with van der Waals surface area (Å²) in [4.78, 5) is 6.50. The predicted octanol–water partition coefficient (Wildman–Crippen LogP) is 2.64. The molecular weight excluding hydrogens is 238 g/mol. The Morgan fingerprint density at radius 1 is 1.32 bits per heavy atom. The zero-order chi connectivity index (χ0) is 13.9. The molecule has 0 spiro atoms. The third-order valence-electron chi connectivity index (χ3n) is 3.68. The second-order valence-electron chi connectivity index (χ2n) is 5.38. The van der Waals surface area contributed by atoms with Gasteiger partial charge in [-0.05, 0) is 25.7 Å². The number of nitrogens with zero attached hydrogens (tertiary/aromatic N) is 2. The summed E-state index contributed by atoms with van der Waals surface area (Å²) in [5.74, 6) is 0.995. The van der Waals surface area contributed by atoms with Gasteiger partial charge in [-0.3, -0.25) is 4.99 Å². The van der Waals surface area contributed by atoms with Crippen LogP contribution in [0.2, 0.25) is 0 Å². The SMILES string of the molecule is CCCCN(C)C(=NC)NCCCOC1CCCC1. The summed E-state index contributed by atoms with van der Waals surface area (Å²) in [6.45, 7) is 5.09. The number of rotatable bonds is 8. The van der Waals surface area contributed by atoms with Crippen LogP contribution >= 0.6 is 0 Å². The topological polar surface area (TPSA) is 36.9 Å².